The van der Waals surface area contributed by atoms with E-state index in [4.69, 9.17) is 9.47 Å². The monoisotopic (exact) mass is 395 g/mol. The van der Waals surface area contributed by atoms with Crippen molar-refractivity contribution in [2.24, 2.45) is 0 Å². The van der Waals surface area contributed by atoms with Crippen LogP contribution in [0.2, 0.25) is 0 Å². The Hall–Kier alpha value is -2.73. The Morgan fingerprint density at radius 2 is 1.89 bits per heavy atom. The topological polar surface area (TPSA) is 49.2 Å². The second-order valence-corrected chi connectivity index (χ2v) is 7.40. The molecule has 0 spiro atoms. The number of aryl methyl sites for hydroxylation is 1. The summed E-state index contributed by atoms with van der Waals surface area (Å²) in [5.74, 6) is 3.17. The molecule has 0 aliphatic carbocycles. The highest BCUT2D eigenvalue weighted by molar-refractivity contribution is 7.98. The van der Waals surface area contributed by atoms with Crippen molar-refractivity contribution < 1.29 is 9.47 Å². The molecule has 2 aromatic carbocycles. The van der Waals surface area contributed by atoms with E-state index in [-0.39, 0.29) is 6.10 Å². The summed E-state index contributed by atoms with van der Waals surface area (Å²) in [6.45, 7) is 8.58. The Morgan fingerprint density at radius 3 is 2.57 bits per heavy atom. The van der Waals surface area contributed by atoms with Crippen molar-refractivity contribution in [2.45, 2.75) is 37.4 Å². The Bertz CT molecular complexity index is 922. The lowest BCUT2D eigenvalue weighted by Crippen LogP contribution is -2.12. The van der Waals surface area contributed by atoms with Crippen LogP contribution in [-0.4, -0.2) is 21.9 Å². The molecular formula is C22H25N3O2S. The van der Waals surface area contributed by atoms with Crippen molar-refractivity contribution in [3.05, 3.63) is 78.1 Å². The molecule has 0 saturated carbocycles. The maximum absolute atomic E-state index is 6.06. The molecule has 6 heteroatoms. The first-order valence-corrected chi connectivity index (χ1v) is 10.1. The highest BCUT2D eigenvalue weighted by Crippen LogP contribution is 2.27. The zero-order chi connectivity index (χ0) is 19.9. The predicted molar refractivity (Wildman–Crippen MR) is 113 cm³/mol. The first kappa shape index (κ1) is 20.0. The van der Waals surface area contributed by atoms with Gasteiger partial charge in [0.05, 0.1) is 7.11 Å². The first-order valence-electron chi connectivity index (χ1n) is 9.13. The smallest absolute Gasteiger partial charge is 0.191 e. The van der Waals surface area contributed by atoms with E-state index in [1.54, 1.807) is 18.9 Å². The van der Waals surface area contributed by atoms with E-state index >= 15 is 0 Å². The molecule has 0 aliphatic heterocycles. The molecule has 0 aliphatic rings. The van der Waals surface area contributed by atoms with Gasteiger partial charge in [0.2, 0.25) is 0 Å². The molecule has 1 aromatic heterocycles. The molecule has 28 heavy (non-hydrogen) atoms. The number of aromatic nitrogens is 3. The molecule has 1 heterocycles. The standard InChI is InChI=1S/C22H25N3O2S/c1-5-13-25-21(17(3)27-20-11-9-19(26-4)10-12-20)23-24-22(25)28-15-18-8-6-7-16(2)14-18/h5-12,14,17H,1,13,15H2,2-4H3. The predicted octanol–water partition coefficient (Wildman–Crippen LogP) is 5.21. The van der Waals surface area contributed by atoms with Crippen LogP contribution in [0.5, 0.6) is 11.5 Å². The molecule has 1 unspecified atom stereocenters. The summed E-state index contributed by atoms with van der Waals surface area (Å²) < 4.78 is 13.3. The molecular weight excluding hydrogens is 370 g/mol. The van der Waals surface area contributed by atoms with Crippen LogP contribution < -0.4 is 9.47 Å². The Kier molecular flexibility index (Phi) is 6.76. The fraction of sp³-hybridized carbons (Fsp3) is 0.273. The number of ether oxygens (including phenoxy) is 2. The third kappa shape index (κ3) is 4.95. The van der Waals surface area contributed by atoms with Crippen LogP contribution in [0.1, 0.15) is 30.0 Å². The third-order valence-corrected chi connectivity index (χ3v) is 5.28. The van der Waals surface area contributed by atoms with Gasteiger partial charge >= 0.3 is 0 Å². The highest BCUT2D eigenvalue weighted by atomic mass is 32.2. The van der Waals surface area contributed by atoms with Gasteiger partial charge < -0.3 is 9.47 Å². The van der Waals surface area contributed by atoms with Gasteiger partial charge in [0.15, 0.2) is 17.1 Å². The highest BCUT2D eigenvalue weighted by Gasteiger charge is 2.19. The van der Waals surface area contributed by atoms with Gasteiger partial charge in [0.25, 0.3) is 0 Å². The van der Waals surface area contributed by atoms with E-state index in [0.717, 1.165) is 28.2 Å². The average molecular weight is 396 g/mol. The van der Waals surface area contributed by atoms with Gasteiger partial charge in [-0.15, -0.1) is 16.8 Å². The lowest BCUT2D eigenvalue weighted by atomic mass is 10.2. The summed E-state index contributed by atoms with van der Waals surface area (Å²) >= 11 is 1.67. The zero-order valence-electron chi connectivity index (χ0n) is 16.5. The van der Waals surface area contributed by atoms with E-state index in [9.17, 15) is 0 Å². The zero-order valence-corrected chi connectivity index (χ0v) is 17.3. The molecule has 5 nitrogen and oxygen atoms in total. The van der Waals surface area contributed by atoms with E-state index in [1.807, 2.05) is 37.3 Å². The molecule has 3 rings (SSSR count). The number of benzene rings is 2. The normalized spacial score (nSPS) is 11.8. The Balaban J connectivity index is 1.74. The maximum Gasteiger partial charge on any atom is 0.191 e. The van der Waals surface area contributed by atoms with Gasteiger partial charge in [-0.2, -0.15) is 0 Å². The minimum Gasteiger partial charge on any atom is -0.497 e. The minimum atomic E-state index is -0.242. The SMILES string of the molecule is C=CCn1c(SCc2cccc(C)c2)nnc1C(C)Oc1ccc(OC)cc1. The summed E-state index contributed by atoms with van der Waals surface area (Å²) in [5.41, 5.74) is 2.52. The number of allylic oxidation sites excluding steroid dienone is 1. The van der Waals surface area contributed by atoms with Crippen molar-refractivity contribution >= 4 is 11.8 Å². The van der Waals surface area contributed by atoms with Gasteiger partial charge in [0.1, 0.15) is 11.5 Å². The van der Waals surface area contributed by atoms with Crippen molar-refractivity contribution in [3.63, 3.8) is 0 Å². The van der Waals surface area contributed by atoms with Crippen LogP contribution in [0.3, 0.4) is 0 Å². The summed E-state index contributed by atoms with van der Waals surface area (Å²) in [5, 5.41) is 9.64. The van der Waals surface area contributed by atoms with Crippen LogP contribution in [0, 0.1) is 6.92 Å². The fourth-order valence-electron chi connectivity index (χ4n) is 2.87. The molecule has 3 aromatic rings. The first-order chi connectivity index (χ1) is 13.6. The van der Waals surface area contributed by atoms with Gasteiger partial charge in [-0.25, -0.2) is 0 Å². The van der Waals surface area contributed by atoms with Crippen LogP contribution >= 0.6 is 11.8 Å². The molecule has 0 N–H and O–H groups in total. The number of methoxy groups -OCH3 is 1. The van der Waals surface area contributed by atoms with Crippen LogP contribution in [-0.2, 0) is 12.3 Å². The largest absolute Gasteiger partial charge is 0.497 e. The van der Waals surface area contributed by atoms with Crippen LogP contribution in [0.25, 0.3) is 0 Å². The number of nitrogens with zero attached hydrogens (tertiary/aromatic N) is 3. The van der Waals surface area contributed by atoms with E-state index in [1.165, 1.54) is 11.1 Å². The Morgan fingerprint density at radius 1 is 1.14 bits per heavy atom. The number of hydrogen-bond acceptors (Lipinski definition) is 5. The molecule has 1 atom stereocenters. The molecule has 0 amide bonds. The van der Waals surface area contributed by atoms with Gasteiger partial charge in [-0.1, -0.05) is 47.7 Å². The summed E-state index contributed by atoms with van der Waals surface area (Å²) in [6.07, 6.45) is 1.61. The molecule has 146 valence electrons. The van der Waals surface area contributed by atoms with Crippen molar-refractivity contribution in [1.82, 2.24) is 14.8 Å². The van der Waals surface area contributed by atoms with Gasteiger partial charge in [-0.3, -0.25) is 4.57 Å². The number of rotatable bonds is 9. The number of thioether (sulfide) groups is 1. The van der Waals surface area contributed by atoms with Gasteiger partial charge in [-0.05, 0) is 43.7 Å². The lowest BCUT2D eigenvalue weighted by molar-refractivity contribution is 0.210. The summed E-state index contributed by atoms with van der Waals surface area (Å²) in [6, 6.07) is 16.0. The Labute approximate surface area is 170 Å². The summed E-state index contributed by atoms with van der Waals surface area (Å²) in [4.78, 5) is 0. The second kappa shape index (κ2) is 9.46. The summed E-state index contributed by atoms with van der Waals surface area (Å²) in [7, 11) is 1.65. The van der Waals surface area contributed by atoms with E-state index in [0.29, 0.717) is 6.54 Å². The van der Waals surface area contributed by atoms with Crippen molar-refractivity contribution in [3.8, 4) is 11.5 Å². The minimum absolute atomic E-state index is 0.242. The molecule has 0 radical (unpaired) electrons. The molecule has 0 fully saturated rings. The van der Waals surface area contributed by atoms with Gasteiger partial charge in [0, 0.05) is 12.3 Å². The quantitative estimate of drug-likeness (QED) is 0.367. The third-order valence-electron chi connectivity index (χ3n) is 4.24. The number of hydrogen-bond donors (Lipinski definition) is 0. The lowest BCUT2D eigenvalue weighted by Gasteiger charge is -2.16. The maximum atomic E-state index is 6.06. The van der Waals surface area contributed by atoms with E-state index < -0.39 is 0 Å². The van der Waals surface area contributed by atoms with Crippen molar-refractivity contribution in [2.75, 3.05) is 7.11 Å². The van der Waals surface area contributed by atoms with Crippen LogP contribution in [0.15, 0.2) is 66.3 Å². The molecule has 0 saturated heterocycles. The van der Waals surface area contributed by atoms with Crippen LogP contribution in [0.4, 0.5) is 0 Å². The second-order valence-electron chi connectivity index (χ2n) is 6.45. The average Bonchev–Trinajstić information content (AvgIpc) is 3.10. The molecule has 0 bridgehead atoms. The fourth-order valence-corrected chi connectivity index (χ4v) is 3.77. The van der Waals surface area contributed by atoms with Crippen molar-refractivity contribution in [1.29, 1.82) is 0 Å². The van der Waals surface area contributed by atoms with E-state index in [2.05, 4.69) is 52.5 Å².